The number of hydrogen-bond acceptors (Lipinski definition) is 8. The number of rotatable bonds is 13. The van der Waals surface area contributed by atoms with Crippen LogP contribution in [0.2, 0.25) is 0 Å². The number of nitrogens with two attached hydrogens (primary N) is 2. The van der Waals surface area contributed by atoms with Crippen LogP contribution in [-0.2, 0) is 35.1 Å². The van der Waals surface area contributed by atoms with Crippen molar-refractivity contribution in [3.05, 3.63) is 35.9 Å². The van der Waals surface area contributed by atoms with Crippen LogP contribution in [-0.4, -0.2) is 85.1 Å². The molecular weight excluding hydrogens is 436 g/mol. The summed E-state index contributed by atoms with van der Waals surface area (Å²) < 4.78 is 22.6. The summed E-state index contributed by atoms with van der Waals surface area (Å²) in [6.45, 7) is 1.64. The standard InChI is InChI=1S/C21H32N4O8/c1-2-31-20-17(25-15(26)8-9-24-21(22)23)19(32-12-16(27)28)18(29)14(33-20)11-30-10-13-6-4-3-5-7-13/h3-7,14,17-20,29H,2,8-12H2,1H3,(H,25,26)(H,27,28)(H4,22,23,24)/t14?,17?,18-,19+,20?/m0/s1. The van der Waals surface area contributed by atoms with Crippen molar-refractivity contribution >= 4 is 17.8 Å². The molecule has 2 rings (SSSR count). The Morgan fingerprint density at radius 2 is 1.94 bits per heavy atom. The van der Waals surface area contributed by atoms with Gasteiger partial charge in [-0.3, -0.25) is 9.79 Å². The molecule has 12 heteroatoms. The first-order valence-electron chi connectivity index (χ1n) is 10.6. The Bertz CT molecular complexity index is 775. The van der Waals surface area contributed by atoms with Crippen molar-refractivity contribution in [2.45, 2.75) is 50.6 Å². The minimum atomic E-state index is -1.29. The van der Waals surface area contributed by atoms with E-state index < -0.39 is 49.1 Å². The lowest BCUT2D eigenvalue weighted by Crippen LogP contribution is -2.65. The third-order valence-electron chi connectivity index (χ3n) is 4.76. The second kappa shape index (κ2) is 13.7. The van der Waals surface area contributed by atoms with E-state index in [4.69, 9.17) is 35.5 Å². The van der Waals surface area contributed by atoms with Gasteiger partial charge in [0.1, 0.15) is 31.0 Å². The van der Waals surface area contributed by atoms with E-state index in [9.17, 15) is 14.7 Å². The number of nitrogens with zero attached hydrogens (tertiary/aromatic N) is 1. The van der Waals surface area contributed by atoms with Crippen molar-refractivity contribution in [1.29, 1.82) is 0 Å². The number of aliphatic carboxylic acids is 1. The smallest absolute Gasteiger partial charge is 0.329 e. The van der Waals surface area contributed by atoms with Crippen LogP contribution in [0.1, 0.15) is 18.9 Å². The number of ether oxygens (including phenoxy) is 4. The Balaban J connectivity index is 2.09. The molecule has 1 aromatic rings. The summed E-state index contributed by atoms with van der Waals surface area (Å²) >= 11 is 0. The van der Waals surface area contributed by atoms with Gasteiger partial charge in [0.2, 0.25) is 5.91 Å². The normalized spacial score (nSPS) is 24.7. The zero-order valence-corrected chi connectivity index (χ0v) is 18.5. The number of carboxylic acid groups (broad SMARTS) is 1. The zero-order valence-electron chi connectivity index (χ0n) is 18.5. The lowest BCUT2D eigenvalue weighted by Gasteiger charge is -2.44. The number of carboxylic acids is 1. The van der Waals surface area contributed by atoms with E-state index in [1.54, 1.807) is 6.92 Å². The molecule has 1 aliphatic rings. The average Bonchev–Trinajstić information content (AvgIpc) is 2.76. The number of carbonyl (C=O) groups excluding carboxylic acids is 1. The summed E-state index contributed by atoms with van der Waals surface area (Å²) in [5, 5.41) is 22.6. The number of aliphatic hydroxyl groups excluding tert-OH is 1. The lowest BCUT2D eigenvalue weighted by molar-refractivity contribution is -0.278. The highest BCUT2D eigenvalue weighted by molar-refractivity contribution is 5.78. The van der Waals surface area contributed by atoms with Crippen LogP contribution in [0, 0.1) is 0 Å². The van der Waals surface area contributed by atoms with Crippen molar-refractivity contribution in [3.8, 4) is 0 Å². The molecule has 1 amide bonds. The number of carbonyl (C=O) groups is 2. The van der Waals surface area contributed by atoms with Gasteiger partial charge in [-0.1, -0.05) is 30.3 Å². The molecule has 12 nitrogen and oxygen atoms in total. The predicted molar refractivity (Wildman–Crippen MR) is 117 cm³/mol. The topological polar surface area (TPSA) is 188 Å². The zero-order chi connectivity index (χ0) is 24.2. The van der Waals surface area contributed by atoms with Gasteiger partial charge in [0.05, 0.1) is 19.8 Å². The van der Waals surface area contributed by atoms with Gasteiger partial charge in [-0.25, -0.2) is 4.79 Å². The van der Waals surface area contributed by atoms with Crippen LogP contribution in [0.15, 0.2) is 35.3 Å². The van der Waals surface area contributed by atoms with Gasteiger partial charge in [0, 0.05) is 13.0 Å². The maximum atomic E-state index is 12.4. The number of amides is 1. The maximum Gasteiger partial charge on any atom is 0.329 e. The van der Waals surface area contributed by atoms with Crippen molar-refractivity contribution in [3.63, 3.8) is 0 Å². The summed E-state index contributed by atoms with van der Waals surface area (Å²) in [5.41, 5.74) is 11.5. The SMILES string of the molecule is CCOC1OC(COCc2ccccc2)[C@H](O)[C@H](OCC(=O)O)C1NC(=O)CCN=C(N)N. The van der Waals surface area contributed by atoms with Gasteiger partial charge in [0.25, 0.3) is 0 Å². The molecule has 184 valence electrons. The van der Waals surface area contributed by atoms with E-state index in [0.717, 1.165) is 5.56 Å². The van der Waals surface area contributed by atoms with Crippen LogP contribution in [0.25, 0.3) is 0 Å². The summed E-state index contributed by atoms with van der Waals surface area (Å²) in [6.07, 6.45) is -4.34. The lowest BCUT2D eigenvalue weighted by atomic mass is 9.96. The molecule has 7 N–H and O–H groups in total. The maximum absolute atomic E-state index is 12.4. The van der Waals surface area contributed by atoms with E-state index in [1.165, 1.54) is 0 Å². The van der Waals surface area contributed by atoms with Crippen molar-refractivity contribution in [2.24, 2.45) is 16.5 Å². The fourth-order valence-electron chi connectivity index (χ4n) is 3.29. The van der Waals surface area contributed by atoms with Crippen LogP contribution in [0.4, 0.5) is 0 Å². The fourth-order valence-corrected chi connectivity index (χ4v) is 3.29. The molecule has 0 aromatic heterocycles. The molecule has 33 heavy (non-hydrogen) atoms. The van der Waals surface area contributed by atoms with Crippen molar-refractivity contribution in [1.82, 2.24) is 5.32 Å². The number of guanidine groups is 1. The molecule has 1 fully saturated rings. The molecule has 0 bridgehead atoms. The van der Waals surface area contributed by atoms with E-state index in [2.05, 4.69) is 10.3 Å². The first-order chi connectivity index (χ1) is 15.8. The highest BCUT2D eigenvalue weighted by Gasteiger charge is 2.47. The molecule has 5 atom stereocenters. The Morgan fingerprint density at radius 1 is 1.21 bits per heavy atom. The number of hydrogen-bond donors (Lipinski definition) is 5. The largest absolute Gasteiger partial charge is 0.480 e. The van der Waals surface area contributed by atoms with Crippen LogP contribution in [0.3, 0.4) is 0 Å². The Labute approximate surface area is 191 Å². The molecule has 1 aliphatic heterocycles. The summed E-state index contributed by atoms with van der Waals surface area (Å²) in [4.78, 5) is 27.2. The fraction of sp³-hybridized carbons (Fsp3) is 0.571. The molecule has 3 unspecified atom stereocenters. The van der Waals surface area contributed by atoms with Crippen molar-refractivity contribution in [2.75, 3.05) is 26.4 Å². The number of nitrogens with one attached hydrogen (secondary N) is 1. The van der Waals surface area contributed by atoms with Crippen LogP contribution < -0.4 is 16.8 Å². The average molecular weight is 469 g/mol. The van der Waals surface area contributed by atoms with Gasteiger partial charge in [0.15, 0.2) is 12.2 Å². The summed E-state index contributed by atoms with van der Waals surface area (Å²) in [6, 6.07) is 8.47. The van der Waals surface area contributed by atoms with Crippen LogP contribution in [0.5, 0.6) is 0 Å². The van der Waals surface area contributed by atoms with Crippen molar-refractivity contribution < 1.29 is 38.7 Å². The van der Waals surface area contributed by atoms with E-state index in [1.807, 2.05) is 30.3 Å². The van der Waals surface area contributed by atoms with E-state index in [0.29, 0.717) is 6.61 Å². The molecule has 1 saturated heterocycles. The van der Waals surface area contributed by atoms with Gasteiger partial charge in [-0.15, -0.1) is 0 Å². The molecular formula is C21H32N4O8. The Hall–Kier alpha value is -2.77. The minimum absolute atomic E-state index is 0.00226. The first kappa shape index (κ1) is 26.5. The second-order valence-corrected chi connectivity index (χ2v) is 7.31. The molecule has 0 aliphatic carbocycles. The van der Waals surface area contributed by atoms with Gasteiger partial charge in [-0.05, 0) is 12.5 Å². The molecule has 0 saturated carbocycles. The summed E-state index contributed by atoms with van der Waals surface area (Å²) in [7, 11) is 0. The monoisotopic (exact) mass is 468 g/mol. The van der Waals surface area contributed by atoms with Gasteiger partial charge >= 0.3 is 5.97 Å². The Morgan fingerprint density at radius 3 is 2.58 bits per heavy atom. The quantitative estimate of drug-likeness (QED) is 0.176. The number of aliphatic imine (C=N–C) groups is 1. The third-order valence-corrected chi connectivity index (χ3v) is 4.76. The highest BCUT2D eigenvalue weighted by atomic mass is 16.7. The first-order valence-corrected chi connectivity index (χ1v) is 10.6. The molecule has 1 aromatic carbocycles. The number of benzene rings is 1. The van der Waals surface area contributed by atoms with Crippen LogP contribution >= 0.6 is 0 Å². The molecule has 0 spiro atoms. The predicted octanol–water partition coefficient (Wildman–Crippen LogP) is -1.06. The summed E-state index contributed by atoms with van der Waals surface area (Å²) in [5.74, 6) is -1.82. The third kappa shape index (κ3) is 8.94. The van der Waals surface area contributed by atoms with E-state index in [-0.39, 0.29) is 32.1 Å². The number of aliphatic hydroxyl groups is 1. The molecule has 1 heterocycles. The van der Waals surface area contributed by atoms with Gasteiger partial charge in [-0.2, -0.15) is 0 Å². The van der Waals surface area contributed by atoms with Gasteiger partial charge < -0.3 is 45.9 Å². The second-order valence-electron chi connectivity index (χ2n) is 7.31. The Kier molecular flexibility index (Phi) is 11.0. The molecule has 0 radical (unpaired) electrons. The van der Waals surface area contributed by atoms with E-state index >= 15 is 0 Å². The minimum Gasteiger partial charge on any atom is -0.480 e. The highest BCUT2D eigenvalue weighted by Crippen LogP contribution is 2.25.